The second kappa shape index (κ2) is 6.48. The number of esters is 1. The highest BCUT2D eigenvalue weighted by atomic mass is 16.5. The summed E-state index contributed by atoms with van der Waals surface area (Å²) in [7, 11) is 1.21. The van der Waals surface area contributed by atoms with Gasteiger partial charge in [0.1, 0.15) is 0 Å². The van der Waals surface area contributed by atoms with E-state index < -0.39 is 11.8 Å². The highest BCUT2D eigenvalue weighted by Crippen LogP contribution is 2.21. The predicted molar refractivity (Wildman–Crippen MR) is 88.5 cm³/mol. The summed E-state index contributed by atoms with van der Waals surface area (Å²) in [4.78, 5) is 26.5. The molecule has 0 radical (unpaired) electrons. The van der Waals surface area contributed by atoms with Crippen LogP contribution in [0, 0.1) is 0 Å². The normalized spacial score (nSPS) is 10.7. The van der Waals surface area contributed by atoms with Crippen molar-refractivity contribution in [1.82, 2.24) is 4.98 Å². The number of ether oxygens (including phenoxy) is 1. The number of carbonyl (C=O) groups is 2. The molecule has 4 nitrogen and oxygen atoms in total. The Morgan fingerprint density at radius 1 is 1.00 bits per heavy atom. The van der Waals surface area contributed by atoms with Gasteiger partial charge in [0.05, 0.1) is 12.7 Å². The summed E-state index contributed by atoms with van der Waals surface area (Å²) in [6, 6.07) is 16.2. The first-order valence-electron chi connectivity index (χ1n) is 7.45. The Kier molecular flexibility index (Phi) is 4.24. The molecule has 0 bridgehead atoms. The van der Waals surface area contributed by atoms with E-state index in [2.05, 4.69) is 21.9 Å². The minimum Gasteiger partial charge on any atom is -0.463 e. The summed E-state index contributed by atoms with van der Waals surface area (Å²) >= 11 is 0. The Balaban J connectivity index is 1.86. The van der Waals surface area contributed by atoms with Crippen LogP contribution in [0.15, 0.2) is 54.7 Å². The van der Waals surface area contributed by atoms with Crippen LogP contribution in [-0.2, 0) is 22.4 Å². The molecule has 2 aromatic carbocycles. The molecular weight excluding hydrogens is 290 g/mol. The molecule has 116 valence electrons. The van der Waals surface area contributed by atoms with Crippen molar-refractivity contribution in [2.45, 2.75) is 12.8 Å². The molecule has 0 aliphatic carbocycles. The molecule has 0 aliphatic rings. The minimum atomic E-state index is -0.847. The van der Waals surface area contributed by atoms with Crippen LogP contribution in [-0.4, -0.2) is 23.8 Å². The molecule has 0 saturated heterocycles. The molecule has 1 N–H and O–H groups in total. The Bertz CT molecular complexity index is 849. The van der Waals surface area contributed by atoms with Gasteiger partial charge in [0.25, 0.3) is 5.78 Å². The first-order chi connectivity index (χ1) is 11.2. The number of Topliss-reactive ketones (excluding diaryl/α,β-unsaturated/α-hetero) is 1. The fourth-order valence-electron chi connectivity index (χ4n) is 2.65. The monoisotopic (exact) mass is 307 g/mol. The number of fused-ring (bicyclic) bond motifs is 1. The smallest absolute Gasteiger partial charge is 0.379 e. The summed E-state index contributed by atoms with van der Waals surface area (Å²) in [6.07, 6.45) is 3.36. The number of benzene rings is 2. The van der Waals surface area contributed by atoms with Crippen LogP contribution >= 0.6 is 0 Å². The molecule has 0 saturated carbocycles. The average Bonchev–Trinajstić information content (AvgIpc) is 3.02. The van der Waals surface area contributed by atoms with Gasteiger partial charge in [-0.2, -0.15) is 0 Å². The van der Waals surface area contributed by atoms with Crippen molar-refractivity contribution in [3.05, 3.63) is 71.4 Å². The van der Waals surface area contributed by atoms with E-state index >= 15 is 0 Å². The molecule has 3 rings (SSSR count). The number of aryl methyl sites for hydroxylation is 2. The highest BCUT2D eigenvalue weighted by Gasteiger charge is 2.20. The van der Waals surface area contributed by atoms with Crippen molar-refractivity contribution in [3.8, 4) is 0 Å². The lowest BCUT2D eigenvalue weighted by Crippen LogP contribution is -2.15. The third kappa shape index (κ3) is 3.16. The first-order valence-corrected chi connectivity index (χ1v) is 7.45. The molecule has 0 spiro atoms. The Hall–Kier alpha value is -2.88. The maximum Gasteiger partial charge on any atom is 0.379 e. The summed E-state index contributed by atoms with van der Waals surface area (Å²) in [5, 5.41) is 0.756. The molecule has 0 fully saturated rings. The third-order valence-electron chi connectivity index (χ3n) is 3.91. The van der Waals surface area contributed by atoms with Gasteiger partial charge in [0.15, 0.2) is 0 Å². The lowest BCUT2D eigenvalue weighted by atomic mass is 10.0. The van der Waals surface area contributed by atoms with Gasteiger partial charge in [-0.15, -0.1) is 0 Å². The summed E-state index contributed by atoms with van der Waals surface area (Å²) < 4.78 is 4.52. The van der Waals surface area contributed by atoms with Gasteiger partial charge in [-0.05, 0) is 36.1 Å². The van der Waals surface area contributed by atoms with E-state index in [-0.39, 0.29) is 0 Å². The van der Waals surface area contributed by atoms with Crippen LogP contribution in [0.1, 0.15) is 21.5 Å². The summed E-state index contributed by atoms with van der Waals surface area (Å²) in [6.45, 7) is 0. The Morgan fingerprint density at radius 2 is 1.74 bits per heavy atom. The van der Waals surface area contributed by atoms with Crippen molar-refractivity contribution < 1.29 is 14.3 Å². The second-order valence-corrected chi connectivity index (χ2v) is 5.39. The standard InChI is InChI=1S/C19H17NO3/c1-23-19(22)18(21)16-12-20-17-10-9-14(11-15(16)17)8-7-13-5-3-2-4-6-13/h2-6,9-12,20H,7-8H2,1H3. The maximum atomic E-state index is 12.0. The van der Waals surface area contributed by atoms with Gasteiger partial charge in [0.2, 0.25) is 0 Å². The molecule has 0 amide bonds. The molecule has 0 unspecified atom stereocenters. The zero-order valence-corrected chi connectivity index (χ0v) is 12.8. The van der Waals surface area contributed by atoms with Gasteiger partial charge in [0, 0.05) is 17.1 Å². The van der Waals surface area contributed by atoms with Gasteiger partial charge >= 0.3 is 5.97 Å². The van der Waals surface area contributed by atoms with Gasteiger partial charge in [-0.25, -0.2) is 4.79 Å². The van der Waals surface area contributed by atoms with E-state index in [1.807, 2.05) is 36.4 Å². The van der Waals surface area contributed by atoms with E-state index in [1.54, 1.807) is 6.20 Å². The zero-order valence-electron chi connectivity index (χ0n) is 12.8. The number of nitrogens with one attached hydrogen (secondary N) is 1. The van der Waals surface area contributed by atoms with Crippen LogP contribution in [0.5, 0.6) is 0 Å². The molecule has 3 aromatic rings. The fraction of sp³-hybridized carbons (Fsp3) is 0.158. The van der Waals surface area contributed by atoms with E-state index in [9.17, 15) is 9.59 Å². The van der Waals surface area contributed by atoms with Crippen LogP contribution in [0.4, 0.5) is 0 Å². The molecule has 1 heterocycles. The largest absolute Gasteiger partial charge is 0.463 e. The van der Waals surface area contributed by atoms with E-state index in [4.69, 9.17) is 0 Å². The summed E-state index contributed by atoms with van der Waals surface area (Å²) in [5.74, 6) is -1.47. The third-order valence-corrected chi connectivity index (χ3v) is 3.91. The average molecular weight is 307 g/mol. The lowest BCUT2D eigenvalue weighted by Gasteiger charge is -2.04. The lowest BCUT2D eigenvalue weighted by molar-refractivity contribution is -0.135. The van der Waals surface area contributed by atoms with Crippen LogP contribution in [0.25, 0.3) is 10.9 Å². The molecule has 4 heteroatoms. The molecule has 0 atom stereocenters. The van der Waals surface area contributed by atoms with Crippen molar-refractivity contribution in [2.24, 2.45) is 0 Å². The quantitative estimate of drug-likeness (QED) is 0.447. The van der Waals surface area contributed by atoms with Gasteiger partial charge in [-0.1, -0.05) is 36.4 Å². The van der Waals surface area contributed by atoms with Crippen LogP contribution in [0.2, 0.25) is 0 Å². The number of aromatic nitrogens is 1. The van der Waals surface area contributed by atoms with Gasteiger partial charge < -0.3 is 9.72 Å². The zero-order chi connectivity index (χ0) is 16.2. The summed E-state index contributed by atoms with van der Waals surface area (Å²) in [5.41, 5.74) is 3.58. The van der Waals surface area contributed by atoms with Crippen molar-refractivity contribution >= 4 is 22.7 Å². The van der Waals surface area contributed by atoms with Crippen LogP contribution < -0.4 is 0 Å². The Morgan fingerprint density at radius 3 is 2.48 bits per heavy atom. The van der Waals surface area contributed by atoms with Gasteiger partial charge in [-0.3, -0.25) is 4.79 Å². The number of ketones is 1. The number of H-pyrrole nitrogens is 1. The second-order valence-electron chi connectivity index (χ2n) is 5.39. The number of aromatic amines is 1. The van der Waals surface area contributed by atoms with Crippen molar-refractivity contribution in [3.63, 3.8) is 0 Å². The number of carbonyl (C=O) groups excluding carboxylic acids is 2. The van der Waals surface area contributed by atoms with Crippen molar-refractivity contribution in [1.29, 1.82) is 0 Å². The molecular formula is C19H17NO3. The maximum absolute atomic E-state index is 12.0. The van der Waals surface area contributed by atoms with E-state index in [0.717, 1.165) is 29.3 Å². The highest BCUT2D eigenvalue weighted by molar-refractivity contribution is 6.42. The SMILES string of the molecule is COC(=O)C(=O)c1c[nH]c2ccc(CCc3ccccc3)cc12. The topological polar surface area (TPSA) is 59.2 Å². The van der Waals surface area contributed by atoms with E-state index in [0.29, 0.717) is 5.56 Å². The number of methoxy groups -OCH3 is 1. The van der Waals surface area contributed by atoms with Crippen molar-refractivity contribution in [2.75, 3.05) is 7.11 Å². The molecule has 1 aromatic heterocycles. The molecule has 23 heavy (non-hydrogen) atoms. The number of hydrogen-bond donors (Lipinski definition) is 1. The molecule has 0 aliphatic heterocycles. The Labute approximate surface area is 134 Å². The predicted octanol–water partition coefficient (Wildman–Crippen LogP) is 3.31. The first kappa shape index (κ1) is 15.0. The number of rotatable bonds is 5. The van der Waals surface area contributed by atoms with Crippen LogP contribution in [0.3, 0.4) is 0 Å². The number of hydrogen-bond acceptors (Lipinski definition) is 3. The fourth-order valence-corrected chi connectivity index (χ4v) is 2.65. The minimum absolute atomic E-state index is 0.355. The van der Waals surface area contributed by atoms with E-state index in [1.165, 1.54) is 12.7 Å².